The standard InChI is InChI=1S/C38H36F2N6O4/c1-24(2)46-36-30(21-42-35(43-36)19-26-8-11-28(12-9-26)44-14-16-50-17-15-44)25(3)29(38(46)49)6-4-5-7-34(47)31-20-41-23-45(37(31)48)22-27-10-13-32(39)33(40)18-27/h8-13,18,20-21,23-24H,5,7,14-17,19,22H2,1-3H3. The van der Waals surface area contributed by atoms with Crippen molar-refractivity contribution in [1.29, 1.82) is 0 Å². The molecule has 1 saturated heterocycles. The van der Waals surface area contributed by atoms with Crippen molar-refractivity contribution in [1.82, 2.24) is 24.1 Å². The maximum absolute atomic E-state index is 13.7. The van der Waals surface area contributed by atoms with Crippen LogP contribution in [0, 0.1) is 30.4 Å². The van der Waals surface area contributed by atoms with Crippen molar-refractivity contribution >= 4 is 22.5 Å². The average molecular weight is 679 g/mol. The number of hydrogen-bond acceptors (Lipinski definition) is 8. The van der Waals surface area contributed by atoms with Crippen LogP contribution in [-0.2, 0) is 17.7 Å². The third kappa shape index (κ3) is 7.38. The second-order valence-electron chi connectivity index (χ2n) is 12.4. The van der Waals surface area contributed by atoms with Crippen LogP contribution in [0.5, 0.6) is 0 Å². The number of ketones is 1. The molecule has 1 fully saturated rings. The number of fused-ring (bicyclic) bond motifs is 1. The highest BCUT2D eigenvalue weighted by Crippen LogP contribution is 2.22. The fourth-order valence-electron chi connectivity index (χ4n) is 5.96. The van der Waals surface area contributed by atoms with Gasteiger partial charge < -0.3 is 9.64 Å². The van der Waals surface area contributed by atoms with Gasteiger partial charge in [-0.15, -0.1) is 0 Å². The molecule has 0 amide bonds. The number of morpholine rings is 1. The fraction of sp³-hybridized carbons (Fsp3) is 0.316. The molecule has 0 atom stereocenters. The first-order valence-corrected chi connectivity index (χ1v) is 16.4. The maximum atomic E-state index is 13.7. The van der Waals surface area contributed by atoms with Crippen molar-refractivity contribution in [3.05, 3.63) is 127 Å². The first-order valence-electron chi connectivity index (χ1n) is 16.4. The molecule has 6 rings (SSSR count). The molecule has 50 heavy (non-hydrogen) atoms. The van der Waals surface area contributed by atoms with Crippen LogP contribution >= 0.6 is 0 Å². The largest absolute Gasteiger partial charge is 0.378 e. The molecule has 0 aliphatic carbocycles. The van der Waals surface area contributed by atoms with E-state index in [1.165, 1.54) is 18.6 Å². The van der Waals surface area contributed by atoms with E-state index in [1.807, 2.05) is 20.8 Å². The van der Waals surface area contributed by atoms with E-state index in [4.69, 9.17) is 9.72 Å². The zero-order valence-corrected chi connectivity index (χ0v) is 28.1. The molecule has 0 saturated carbocycles. The Morgan fingerprint density at radius 3 is 2.44 bits per heavy atom. The van der Waals surface area contributed by atoms with Crippen LogP contribution in [0.15, 0.2) is 70.8 Å². The lowest BCUT2D eigenvalue weighted by atomic mass is 10.1. The first-order chi connectivity index (χ1) is 24.1. The van der Waals surface area contributed by atoms with Gasteiger partial charge in [-0.3, -0.25) is 23.5 Å². The summed E-state index contributed by atoms with van der Waals surface area (Å²) in [6.45, 7) is 8.71. The molecule has 256 valence electrons. The van der Waals surface area contributed by atoms with Gasteiger partial charge in [-0.1, -0.05) is 30.0 Å². The van der Waals surface area contributed by atoms with Crippen LogP contribution in [-0.4, -0.2) is 56.2 Å². The Kier molecular flexibility index (Phi) is 10.2. The van der Waals surface area contributed by atoms with E-state index in [1.54, 1.807) is 10.8 Å². The highest BCUT2D eigenvalue weighted by molar-refractivity contribution is 5.95. The average Bonchev–Trinajstić information content (AvgIpc) is 3.11. The topological polar surface area (TPSA) is 112 Å². The second kappa shape index (κ2) is 14.9. The summed E-state index contributed by atoms with van der Waals surface area (Å²) in [6, 6.07) is 11.5. The number of halogens is 2. The zero-order valence-electron chi connectivity index (χ0n) is 28.1. The Balaban J connectivity index is 1.18. The number of aryl methyl sites for hydroxylation is 1. The van der Waals surface area contributed by atoms with E-state index in [2.05, 4.69) is 51.0 Å². The normalized spacial score (nSPS) is 13.0. The van der Waals surface area contributed by atoms with Gasteiger partial charge in [-0.25, -0.2) is 23.7 Å². The molecule has 0 N–H and O–H groups in total. The number of ether oxygens (including phenoxy) is 1. The Labute approximate surface area is 287 Å². The van der Waals surface area contributed by atoms with Crippen LogP contribution in [0.3, 0.4) is 0 Å². The van der Waals surface area contributed by atoms with Crippen molar-refractivity contribution < 1.29 is 18.3 Å². The summed E-state index contributed by atoms with van der Waals surface area (Å²) in [5.41, 5.74) is 3.01. The highest BCUT2D eigenvalue weighted by atomic mass is 19.2. The summed E-state index contributed by atoms with van der Waals surface area (Å²) in [7, 11) is 0. The van der Waals surface area contributed by atoms with Crippen LogP contribution in [0.1, 0.15) is 71.2 Å². The Bertz CT molecular complexity index is 2250. The number of hydrogen-bond donors (Lipinski definition) is 0. The molecule has 10 nitrogen and oxygen atoms in total. The van der Waals surface area contributed by atoms with Gasteiger partial charge in [0.1, 0.15) is 17.0 Å². The third-order valence-corrected chi connectivity index (χ3v) is 8.68. The fourth-order valence-corrected chi connectivity index (χ4v) is 5.96. The van der Waals surface area contributed by atoms with Gasteiger partial charge in [0.25, 0.3) is 11.1 Å². The quantitative estimate of drug-likeness (QED) is 0.158. The Morgan fingerprint density at radius 1 is 0.980 bits per heavy atom. The highest BCUT2D eigenvalue weighted by Gasteiger charge is 2.18. The lowest BCUT2D eigenvalue weighted by Crippen LogP contribution is -2.36. The Hall–Kier alpha value is -5.54. The summed E-state index contributed by atoms with van der Waals surface area (Å²) in [5.74, 6) is 4.00. The summed E-state index contributed by atoms with van der Waals surface area (Å²) in [6.07, 6.45) is 4.67. The minimum atomic E-state index is -1.03. The van der Waals surface area contributed by atoms with Gasteiger partial charge in [-0.05, 0) is 61.7 Å². The predicted molar refractivity (Wildman–Crippen MR) is 186 cm³/mol. The molecule has 0 bridgehead atoms. The van der Waals surface area contributed by atoms with Crippen molar-refractivity contribution in [2.45, 2.75) is 52.6 Å². The summed E-state index contributed by atoms with van der Waals surface area (Å²) in [4.78, 5) is 55.4. The van der Waals surface area contributed by atoms with Crippen molar-refractivity contribution in [3.8, 4) is 11.8 Å². The van der Waals surface area contributed by atoms with Crippen LogP contribution in [0.2, 0.25) is 0 Å². The van der Waals surface area contributed by atoms with Crippen LogP contribution in [0.4, 0.5) is 14.5 Å². The molecule has 4 heterocycles. The lowest BCUT2D eigenvalue weighted by molar-refractivity contribution is 0.0981. The second-order valence-corrected chi connectivity index (χ2v) is 12.4. The van der Waals surface area contributed by atoms with E-state index in [0.29, 0.717) is 40.0 Å². The van der Waals surface area contributed by atoms with Crippen molar-refractivity contribution in [2.24, 2.45) is 0 Å². The molecule has 2 aromatic carbocycles. The maximum Gasteiger partial charge on any atom is 0.268 e. The summed E-state index contributed by atoms with van der Waals surface area (Å²) >= 11 is 0. The molecule has 1 aliphatic heterocycles. The third-order valence-electron chi connectivity index (χ3n) is 8.68. The summed E-state index contributed by atoms with van der Waals surface area (Å²) in [5, 5.41) is 0.710. The molecule has 0 unspecified atom stereocenters. The number of anilines is 1. The first kappa shape index (κ1) is 34.3. The number of pyridine rings is 1. The van der Waals surface area contributed by atoms with Gasteiger partial charge >= 0.3 is 0 Å². The number of Topliss-reactive ketones (excluding diaryl/α,β-unsaturated/α-hetero) is 1. The molecule has 5 aromatic rings. The SMILES string of the molecule is Cc1c(C#CCCC(=O)c2cncn(Cc3ccc(F)c(F)c3)c2=O)c(=O)n(C(C)C)c2nc(Cc3ccc(N4CCOCC4)cc3)ncc12. The van der Waals surface area contributed by atoms with Gasteiger partial charge in [-0.2, -0.15) is 0 Å². The van der Waals surface area contributed by atoms with E-state index < -0.39 is 23.0 Å². The number of carbonyl (C=O) groups is 1. The minimum absolute atomic E-state index is 0.0794. The van der Waals surface area contributed by atoms with Crippen LogP contribution < -0.4 is 16.0 Å². The Morgan fingerprint density at radius 2 is 1.72 bits per heavy atom. The van der Waals surface area contributed by atoms with E-state index >= 15 is 0 Å². The lowest BCUT2D eigenvalue weighted by Gasteiger charge is -2.28. The smallest absolute Gasteiger partial charge is 0.268 e. The number of rotatable bonds is 9. The zero-order chi connectivity index (χ0) is 35.4. The van der Waals surface area contributed by atoms with E-state index in [0.717, 1.165) is 54.3 Å². The predicted octanol–water partition coefficient (Wildman–Crippen LogP) is 5.01. The van der Waals surface area contributed by atoms with Gasteiger partial charge in [0, 0.05) is 61.9 Å². The minimum Gasteiger partial charge on any atom is -0.378 e. The molecule has 3 aromatic heterocycles. The number of benzene rings is 2. The van der Waals surface area contributed by atoms with Gasteiger partial charge in [0.05, 0.1) is 31.6 Å². The molecule has 12 heteroatoms. The summed E-state index contributed by atoms with van der Waals surface area (Å²) < 4.78 is 35.2. The molecule has 1 aliphatic rings. The number of carbonyl (C=O) groups excluding carboxylic acids is 1. The number of aromatic nitrogens is 5. The van der Waals surface area contributed by atoms with Crippen molar-refractivity contribution in [3.63, 3.8) is 0 Å². The van der Waals surface area contributed by atoms with Crippen LogP contribution in [0.25, 0.3) is 11.0 Å². The molecule has 0 radical (unpaired) electrons. The van der Waals surface area contributed by atoms with E-state index in [-0.39, 0.29) is 36.6 Å². The molecule has 0 spiro atoms. The van der Waals surface area contributed by atoms with Crippen molar-refractivity contribution in [2.75, 3.05) is 31.2 Å². The van der Waals surface area contributed by atoms with Gasteiger partial charge in [0.2, 0.25) is 0 Å². The number of nitrogens with zero attached hydrogens (tertiary/aromatic N) is 6. The van der Waals surface area contributed by atoms with E-state index in [9.17, 15) is 23.2 Å². The monoisotopic (exact) mass is 678 g/mol. The molecular formula is C38H36F2N6O4. The van der Waals surface area contributed by atoms with Gasteiger partial charge in [0.15, 0.2) is 17.4 Å². The molecular weight excluding hydrogens is 642 g/mol.